The van der Waals surface area contributed by atoms with Gasteiger partial charge in [-0.05, 0) is 37.5 Å². The van der Waals surface area contributed by atoms with E-state index in [-0.39, 0.29) is 36.3 Å². The predicted octanol–water partition coefficient (Wildman–Crippen LogP) is 1.86. The van der Waals surface area contributed by atoms with Crippen molar-refractivity contribution in [3.63, 3.8) is 0 Å². The lowest BCUT2D eigenvalue weighted by Gasteiger charge is -2.36. The van der Waals surface area contributed by atoms with Gasteiger partial charge in [0.25, 0.3) is 0 Å². The van der Waals surface area contributed by atoms with Crippen molar-refractivity contribution in [3.8, 4) is 0 Å². The van der Waals surface area contributed by atoms with Crippen molar-refractivity contribution in [2.75, 3.05) is 18.0 Å². The van der Waals surface area contributed by atoms with E-state index in [2.05, 4.69) is 5.32 Å². The van der Waals surface area contributed by atoms with Crippen LogP contribution in [-0.2, 0) is 9.59 Å². The Bertz CT molecular complexity index is 648. The second-order valence-electron chi connectivity index (χ2n) is 6.30. The largest absolute Gasteiger partial charge is 0.388 e. The standard InChI is InChI=1S/C16H18ClFN2O3/c17-12-3-2-11(7-13(12)18)20-8-10(6-14(20)21)15(22)19-9-16(23)4-1-5-16/h2-3,7,10,23H,1,4-6,8-9H2,(H,19,22). The number of amides is 2. The number of aliphatic hydroxyl groups is 1. The fraction of sp³-hybridized carbons (Fsp3) is 0.500. The minimum absolute atomic E-state index is 0.0107. The highest BCUT2D eigenvalue weighted by molar-refractivity contribution is 6.30. The molecule has 124 valence electrons. The minimum atomic E-state index is -0.794. The van der Waals surface area contributed by atoms with E-state index in [4.69, 9.17) is 11.6 Å². The highest BCUT2D eigenvalue weighted by Crippen LogP contribution is 2.31. The molecule has 5 nitrogen and oxygen atoms in total. The van der Waals surface area contributed by atoms with E-state index in [1.54, 1.807) is 6.07 Å². The number of halogens is 2. The zero-order valence-electron chi connectivity index (χ0n) is 12.5. The highest BCUT2D eigenvalue weighted by atomic mass is 35.5. The molecule has 0 bridgehead atoms. The molecule has 7 heteroatoms. The Morgan fingerprint density at radius 1 is 1.48 bits per heavy atom. The third kappa shape index (κ3) is 3.33. The van der Waals surface area contributed by atoms with Crippen molar-refractivity contribution in [3.05, 3.63) is 29.0 Å². The van der Waals surface area contributed by atoms with Crippen LogP contribution in [0.2, 0.25) is 5.02 Å². The molecule has 1 aromatic rings. The molecule has 0 aromatic heterocycles. The molecule has 1 saturated carbocycles. The summed E-state index contributed by atoms with van der Waals surface area (Å²) in [5.74, 6) is -1.58. The number of nitrogens with one attached hydrogen (secondary N) is 1. The van der Waals surface area contributed by atoms with Gasteiger partial charge in [0.1, 0.15) is 5.82 Å². The van der Waals surface area contributed by atoms with Crippen LogP contribution in [0.1, 0.15) is 25.7 Å². The molecule has 2 fully saturated rings. The quantitative estimate of drug-likeness (QED) is 0.879. The van der Waals surface area contributed by atoms with Crippen molar-refractivity contribution in [2.45, 2.75) is 31.3 Å². The fourth-order valence-corrected chi connectivity index (χ4v) is 3.06. The summed E-state index contributed by atoms with van der Waals surface area (Å²) in [5.41, 5.74) is -0.401. The molecule has 0 radical (unpaired) electrons. The van der Waals surface area contributed by atoms with Crippen LogP contribution in [0.3, 0.4) is 0 Å². The van der Waals surface area contributed by atoms with E-state index in [0.717, 1.165) is 6.42 Å². The van der Waals surface area contributed by atoms with Gasteiger partial charge >= 0.3 is 0 Å². The molecular weight excluding hydrogens is 323 g/mol. The van der Waals surface area contributed by atoms with Gasteiger partial charge < -0.3 is 15.3 Å². The number of nitrogens with zero attached hydrogens (tertiary/aromatic N) is 1. The third-order valence-corrected chi connectivity index (χ3v) is 4.89. The third-order valence-electron chi connectivity index (χ3n) is 4.59. The molecule has 2 aliphatic rings. The van der Waals surface area contributed by atoms with Gasteiger partial charge in [0.2, 0.25) is 11.8 Å². The maximum Gasteiger partial charge on any atom is 0.227 e. The van der Waals surface area contributed by atoms with Crippen LogP contribution >= 0.6 is 11.6 Å². The molecule has 1 heterocycles. The number of benzene rings is 1. The lowest BCUT2D eigenvalue weighted by atomic mass is 9.80. The average molecular weight is 341 g/mol. The molecule has 1 atom stereocenters. The van der Waals surface area contributed by atoms with Crippen LogP contribution in [0.15, 0.2) is 18.2 Å². The van der Waals surface area contributed by atoms with Crippen molar-refractivity contribution >= 4 is 29.1 Å². The first-order valence-electron chi connectivity index (χ1n) is 7.63. The van der Waals surface area contributed by atoms with Crippen molar-refractivity contribution in [2.24, 2.45) is 5.92 Å². The first-order chi connectivity index (χ1) is 10.9. The summed E-state index contributed by atoms with van der Waals surface area (Å²) < 4.78 is 13.5. The number of rotatable bonds is 4. The van der Waals surface area contributed by atoms with Gasteiger partial charge in [0.05, 0.1) is 16.5 Å². The van der Waals surface area contributed by atoms with Gasteiger partial charge in [-0.2, -0.15) is 0 Å². The van der Waals surface area contributed by atoms with E-state index < -0.39 is 17.3 Å². The second kappa shape index (κ2) is 6.09. The number of hydrogen-bond acceptors (Lipinski definition) is 3. The molecule has 1 aromatic carbocycles. The Labute approximate surface area is 138 Å². The maximum absolute atomic E-state index is 13.5. The van der Waals surface area contributed by atoms with Crippen LogP contribution in [0, 0.1) is 11.7 Å². The summed E-state index contributed by atoms with van der Waals surface area (Å²) in [6.07, 6.45) is 2.42. The van der Waals surface area contributed by atoms with Gasteiger partial charge in [-0.25, -0.2) is 4.39 Å². The number of hydrogen-bond donors (Lipinski definition) is 2. The topological polar surface area (TPSA) is 69.6 Å². The van der Waals surface area contributed by atoms with Crippen LogP contribution in [0.25, 0.3) is 0 Å². The Morgan fingerprint density at radius 3 is 2.83 bits per heavy atom. The maximum atomic E-state index is 13.5. The highest BCUT2D eigenvalue weighted by Gasteiger charge is 2.38. The van der Waals surface area contributed by atoms with Crippen LogP contribution in [0.4, 0.5) is 10.1 Å². The van der Waals surface area contributed by atoms with Gasteiger partial charge in [-0.3, -0.25) is 9.59 Å². The molecule has 2 N–H and O–H groups in total. The molecule has 2 amide bonds. The van der Waals surface area contributed by atoms with E-state index in [1.807, 2.05) is 0 Å². The lowest BCUT2D eigenvalue weighted by molar-refractivity contribution is -0.128. The van der Waals surface area contributed by atoms with Crippen molar-refractivity contribution in [1.29, 1.82) is 0 Å². The SMILES string of the molecule is O=C(NCC1(O)CCC1)C1CC(=O)N(c2ccc(Cl)c(F)c2)C1. The van der Waals surface area contributed by atoms with Gasteiger partial charge in [-0.15, -0.1) is 0 Å². The van der Waals surface area contributed by atoms with Gasteiger partial charge in [0.15, 0.2) is 0 Å². The molecular formula is C16H18ClFN2O3. The second-order valence-corrected chi connectivity index (χ2v) is 6.71. The monoisotopic (exact) mass is 340 g/mol. The molecule has 23 heavy (non-hydrogen) atoms. The van der Waals surface area contributed by atoms with E-state index in [9.17, 15) is 19.1 Å². The summed E-state index contributed by atoms with van der Waals surface area (Å²) in [5, 5.41) is 12.7. The molecule has 3 rings (SSSR count). The fourth-order valence-electron chi connectivity index (χ4n) is 2.94. The molecule has 1 aliphatic carbocycles. The van der Waals surface area contributed by atoms with Crippen molar-refractivity contribution < 1.29 is 19.1 Å². The normalized spacial score (nSPS) is 22.8. The summed E-state index contributed by atoms with van der Waals surface area (Å²) in [7, 11) is 0. The summed E-state index contributed by atoms with van der Waals surface area (Å²) in [6, 6.07) is 4.14. The molecule has 1 saturated heterocycles. The van der Waals surface area contributed by atoms with Gasteiger partial charge in [-0.1, -0.05) is 11.6 Å². The van der Waals surface area contributed by atoms with Crippen molar-refractivity contribution in [1.82, 2.24) is 5.32 Å². The number of carbonyl (C=O) groups excluding carboxylic acids is 2. The summed E-state index contributed by atoms with van der Waals surface area (Å²) in [4.78, 5) is 25.7. The smallest absolute Gasteiger partial charge is 0.227 e. The van der Waals surface area contributed by atoms with E-state index >= 15 is 0 Å². The van der Waals surface area contributed by atoms with Crippen LogP contribution in [0.5, 0.6) is 0 Å². The zero-order valence-corrected chi connectivity index (χ0v) is 13.3. The van der Waals surface area contributed by atoms with Gasteiger partial charge in [0, 0.05) is 25.2 Å². The number of carbonyl (C=O) groups is 2. The Kier molecular flexibility index (Phi) is 4.29. The zero-order chi connectivity index (χ0) is 16.6. The van der Waals surface area contributed by atoms with Crippen LogP contribution < -0.4 is 10.2 Å². The van der Waals surface area contributed by atoms with E-state index in [1.165, 1.54) is 17.0 Å². The number of anilines is 1. The van der Waals surface area contributed by atoms with E-state index in [0.29, 0.717) is 18.5 Å². The summed E-state index contributed by atoms with van der Waals surface area (Å²) >= 11 is 5.64. The Balaban J connectivity index is 1.62. The molecule has 1 aliphatic heterocycles. The summed E-state index contributed by atoms with van der Waals surface area (Å²) in [6.45, 7) is 0.413. The first kappa shape index (κ1) is 16.2. The molecule has 1 unspecified atom stereocenters. The first-order valence-corrected chi connectivity index (χ1v) is 8.01. The van der Waals surface area contributed by atoms with Crippen LogP contribution in [-0.4, -0.2) is 35.6 Å². The Hall–Kier alpha value is -1.66. The molecule has 0 spiro atoms. The lowest BCUT2D eigenvalue weighted by Crippen LogP contribution is -2.49. The average Bonchev–Trinajstić information content (AvgIpc) is 2.88. The Morgan fingerprint density at radius 2 is 2.22 bits per heavy atom. The predicted molar refractivity (Wildman–Crippen MR) is 83.7 cm³/mol. The minimum Gasteiger partial charge on any atom is -0.388 e.